The van der Waals surface area contributed by atoms with Crippen LogP contribution < -0.4 is 4.74 Å². The number of hydrogen-bond acceptors (Lipinski definition) is 2. The summed E-state index contributed by atoms with van der Waals surface area (Å²) in [6.45, 7) is -0.0980. The van der Waals surface area contributed by atoms with E-state index >= 15 is 0 Å². The molecule has 0 aromatic heterocycles. The van der Waals surface area contributed by atoms with Crippen molar-refractivity contribution in [1.29, 1.82) is 0 Å². The third kappa shape index (κ3) is 2.69. The molecule has 0 unspecified atom stereocenters. The third-order valence-corrected chi connectivity index (χ3v) is 6.00. The van der Waals surface area contributed by atoms with Gasteiger partial charge in [-0.1, -0.05) is 23.7 Å². The second-order valence-electron chi connectivity index (χ2n) is 7.16. The number of fused-ring (bicyclic) bond motifs is 3. The van der Waals surface area contributed by atoms with Crippen LogP contribution in [0.1, 0.15) is 24.0 Å². The fraction of sp³-hybridized carbons (Fsp3) is 0.400. The summed E-state index contributed by atoms with van der Waals surface area (Å²) in [4.78, 5) is 0. The highest BCUT2D eigenvalue weighted by molar-refractivity contribution is 6.30. The van der Waals surface area contributed by atoms with Crippen LogP contribution in [-0.4, -0.2) is 24.0 Å². The number of halogens is 4. The minimum atomic E-state index is -1.56. The van der Waals surface area contributed by atoms with Crippen LogP contribution in [0.4, 0.5) is 13.2 Å². The van der Waals surface area contributed by atoms with Gasteiger partial charge in [0.2, 0.25) is 0 Å². The van der Waals surface area contributed by atoms with Gasteiger partial charge in [-0.15, -0.1) is 0 Å². The van der Waals surface area contributed by atoms with Crippen LogP contribution in [0.2, 0.25) is 5.02 Å². The quantitative estimate of drug-likeness (QED) is 0.822. The molecule has 26 heavy (non-hydrogen) atoms. The van der Waals surface area contributed by atoms with Gasteiger partial charge < -0.3 is 9.84 Å². The number of benzene rings is 2. The number of aliphatic hydroxyl groups excluding tert-OH is 1. The average molecular weight is 383 g/mol. The summed E-state index contributed by atoms with van der Waals surface area (Å²) in [5, 5.41) is 10.6. The number of aliphatic hydroxyl groups is 1. The van der Waals surface area contributed by atoms with E-state index in [0.29, 0.717) is 17.9 Å². The molecule has 0 amide bonds. The van der Waals surface area contributed by atoms with Crippen molar-refractivity contribution in [3.8, 4) is 5.75 Å². The first-order valence-electron chi connectivity index (χ1n) is 8.60. The molecule has 6 heteroatoms. The Morgan fingerprint density at radius 1 is 1.12 bits per heavy atom. The second kappa shape index (κ2) is 6.46. The smallest absolute Gasteiger partial charge is 0.165 e. The van der Waals surface area contributed by atoms with Gasteiger partial charge in [-0.25, -0.2) is 13.2 Å². The first kappa shape index (κ1) is 17.7. The molecule has 4 rings (SSSR count). The van der Waals surface area contributed by atoms with E-state index in [1.165, 1.54) is 0 Å². The van der Waals surface area contributed by atoms with Gasteiger partial charge in [-0.3, -0.25) is 0 Å². The van der Waals surface area contributed by atoms with Crippen molar-refractivity contribution in [2.75, 3.05) is 6.61 Å². The highest BCUT2D eigenvalue weighted by Gasteiger charge is 2.55. The SMILES string of the molecule is O[C@H]1CC[C@@]2(Cc3ccc(Cl)cc3)c3c(F)ccc(F)c3OC[C@H]2[C@@H]1F. The highest BCUT2D eigenvalue weighted by atomic mass is 35.5. The molecule has 0 spiro atoms. The lowest BCUT2D eigenvalue weighted by molar-refractivity contribution is -0.0611. The minimum Gasteiger partial charge on any atom is -0.490 e. The predicted molar refractivity (Wildman–Crippen MR) is 92.3 cm³/mol. The van der Waals surface area contributed by atoms with Crippen molar-refractivity contribution in [2.24, 2.45) is 5.92 Å². The summed E-state index contributed by atoms with van der Waals surface area (Å²) in [7, 11) is 0. The molecule has 4 atom stereocenters. The highest BCUT2D eigenvalue weighted by Crippen LogP contribution is 2.54. The van der Waals surface area contributed by atoms with Crippen LogP contribution >= 0.6 is 11.6 Å². The number of hydrogen-bond donors (Lipinski definition) is 1. The molecule has 1 aliphatic heterocycles. The molecular formula is C20H18ClF3O2. The minimum absolute atomic E-state index is 0.0817. The van der Waals surface area contributed by atoms with Gasteiger partial charge in [0, 0.05) is 21.9 Å². The zero-order chi connectivity index (χ0) is 18.5. The molecule has 0 radical (unpaired) electrons. The lowest BCUT2D eigenvalue weighted by Crippen LogP contribution is -2.55. The molecule has 1 fully saturated rings. The Balaban J connectivity index is 1.88. The van der Waals surface area contributed by atoms with Crippen LogP contribution in [0.5, 0.6) is 5.75 Å². The summed E-state index contributed by atoms with van der Waals surface area (Å²) in [5.74, 6) is -2.16. The van der Waals surface area contributed by atoms with Gasteiger partial charge in [0.25, 0.3) is 0 Å². The van der Waals surface area contributed by atoms with Gasteiger partial charge in [0.05, 0.1) is 12.7 Å². The lowest BCUT2D eigenvalue weighted by Gasteiger charge is -2.50. The van der Waals surface area contributed by atoms with Gasteiger partial charge in [-0.2, -0.15) is 0 Å². The molecule has 1 aliphatic carbocycles. The summed E-state index contributed by atoms with van der Waals surface area (Å²) in [6, 6.07) is 9.12. The van der Waals surface area contributed by atoms with Gasteiger partial charge in [0.1, 0.15) is 12.0 Å². The molecule has 138 valence electrons. The topological polar surface area (TPSA) is 29.5 Å². The molecule has 1 N–H and O–H groups in total. The van der Waals surface area contributed by atoms with Crippen LogP contribution in [0, 0.1) is 17.6 Å². The van der Waals surface area contributed by atoms with Crippen molar-refractivity contribution in [2.45, 2.75) is 37.0 Å². The Bertz CT molecular complexity index is 827. The zero-order valence-corrected chi connectivity index (χ0v) is 14.6. The Hall–Kier alpha value is -1.72. The molecule has 0 bridgehead atoms. The Kier molecular flexibility index (Phi) is 4.40. The normalized spacial score (nSPS) is 30.3. The van der Waals surface area contributed by atoms with Gasteiger partial charge in [-0.05, 0) is 49.1 Å². The summed E-state index contributed by atoms with van der Waals surface area (Å²) < 4.78 is 49.4. The van der Waals surface area contributed by atoms with E-state index in [0.717, 1.165) is 17.7 Å². The van der Waals surface area contributed by atoms with E-state index < -0.39 is 35.2 Å². The maximum absolute atomic E-state index is 14.9. The van der Waals surface area contributed by atoms with E-state index in [1.807, 2.05) is 0 Å². The summed E-state index contributed by atoms with van der Waals surface area (Å²) >= 11 is 5.94. The van der Waals surface area contributed by atoms with E-state index in [9.17, 15) is 18.3 Å². The van der Waals surface area contributed by atoms with Gasteiger partial charge >= 0.3 is 0 Å². The monoisotopic (exact) mass is 382 g/mol. The predicted octanol–water partition coefficient (Wildman–Crippen LogP) is 4.60. The fourth-order valence-corrected chi connectivity index (χ4v) is 4.60. The second-order valence-corrected chi connectivity index (χ2v) is 7.60. The summed E-state index contributed by atoms with van der Waals surface area (Å²) in [5.41, 5.74) is -0.0514. The molecule has 0 saturated heterocycles. The van der Waals surface area contributed by atoms with E-state index in [4.69, 9.17) is 16.3 Å². The van der Waals surface area contributed by atoms with E-state index in [-0.39, 0.29) is 24.3 Å². The van der Waals surface area contributed by atoms with Crippen molar-refractivity contribution in [1.82, 2.24) is 0 Å². The molecule has 2 aromatic rings. The molecule has 2 aliphatic rings. The lowest BCUT2D eigenvalue weighted by atomic mass is 9.57. The Morgan fingerprint density at radius 3 is 2.54 bits per heavy atom. The first-order chi connectivity index (χ1) is 12.4. The van der Waals surface area contributed by atoms with Crippen LogP contribution in [0.15, 0.2) is 36.4 Å². The molecule has 1 saturated carbocycles. The zero-order valence-electron chi connectivity index (χ0n) is 13.9. The number of rotatable bonds is 2. The summed E-state index contributed by atoms with van der Waals surface area (Å²) in [6.07, 6.45) is -1.84. The molecule has 2 aromatic carbocycles. The van der Waals surface area contributed by atoms with Crippen molar-refractivity contribution in [3.05, 3.63) is 64.2 Å². The van der Waals surface area contributed by atoms with E-state index in [2.05, 4.69) is 0 Å². The van der Waals surface area contributed by atoms with Crippen LogP contribution in [0.25, 0.3) is 0 Å². The van der Waals surface area contributed by atoms with Crippen molar-refractivity contribution in [3.63, 3.8) is 0 Å². The molecule has 1 heterocycles. The molecular weight excluding hydrogens is 365 g/mol. The maximum atomic E-state index is 14.9. The van der Waals surface area contributed by atoms with Crippen molar-refractivity contribution >= 4 is 11.6 Å². The maximum Gasteiger partial charge on any atom is 0.165 e. The van der Waals surface area contributed by atoms with Crippen LogP contribution in [0.3, 0.4) is 0 Å². The number of ether oxygens (including phenoxy) is 1. The third-order valence-electron chi connectivity index (χ3n) is 5.74. The van der Waals surface area contributed by atoms with Crippen molar-refractivity contribution < 1.29 is 23.0 Å². The van der Waals surface area contributed by atoms with E-state index in [1.54, 1.807) is 24.3 Å². The Morgan fingerprint density at radius 2 is 1.81 bits per heavy atom. The largest absolute Gasteiger partial charge is 0.490 e. The average Bonchev–Trinajstić information content (AvgIpc) is 2.63. The standard InChI is InChI=1S/C20H18ClF3O2/c21-12-3-1-11(2-4-12)9-20-8-7-16(25)18(24)13(20)10-26-19-15(23)6-5-14(22)17(19)20/h1-6,13,16,18,25H,7-10H2/t13-,16-,18-,20-/m0/s1. The van der Waals surface area contributed by atoms with Gasteiger partial charge in [0.15, 0.2) is 11.6 Å². The fourth-order valence-electron chi connectivity index (χ4n) is 4.47. The first-order valence-corrected chi connectivity index (χ1v) is 8.98. The molecule has 2 nitrogen and oxygen atoms in total. The number of alkyl halides is 1. The van der Waals surface area contributed by atoms with Crippen LogP contribution in [-0.2, 0) is 11.8 Å². The Labute approximate surface area is 154 Å².